The third-order valence-corrected chi connectivity index (χ3v) is 3.98. The van der Waals surface area contributed by atoms with E-state index in [2.05, 4.69) is 5.32 Å². The molecule has 0 aliphatic carbocycles. The standard InChI is InChI=1S/C15H14Cl3NO/c1-2-20-14-6-4-3-5-13(14)19-9-10-11(16)7-8-12(17)15(10)18/h3-8,19H,2,9H2,1H3. The lowest BCUT2D eigenvalue weighted by atomic mass is 10.2. The second-order valence-corrected chi connectivity index (χ2v) is 5.30. The van der Waals surface area contributed by atoms with Crippen LogP contribution in [0.5, 0.6) is 5.75 Å². The molecule has 0 aliphatic heterocycles. The van der Waals surface area contributed by atoms with Crippen LogP contribution >= 0.6 is 34.8 Å². The minimum Gasteiger partial charge on any atom is -0.492 e. The number of anilines is 1. The minimum atomic E-state index is 0.473. The third-order valence-electron chi connectivity index (χ3n) is 2.78. The number of hydrogen-bond acceptors (Lipinski definition) is 2. The number of hydrogen-bond donors (Lipinski definition) is 1. The Labute approximate surface area is 133 Å². The Morgan fingerprint density at radius 2 is 1.70 bits per heavy atom. The highest BCUT2D eigenvalue weighted by molar-refractivity contribution is 6.44. The molecule has 106 valence electrons. The summed E-state index contributed by atoms with van der Waals surface area (Å²) in [7, 11) is 0. The first kappa shape index (κ1) is 15.3. The number of rotatable bonds is 5. The van der Waals surface area contributed by atoms with Gasteiger partial charge in [0.05, 0.1) is 22.3 Å². The van der Waals surface area contributed by atoms with Crippen molar-refractivity contribution < 1.29 is 4.74 Å². The molecule has 2 nitrogen and oxygen atoms in total. The van der Waals surface area contributed by atoms with Gasteiger partial charge in [0, 0.05) is 17.1 Å². The Kier molecular flexibility index (Phi) is 5.41. The van der Waals surface area contributed by atoms with Crippen molar-refractivity contribution >= 4 is 40.5 Å². The lowest BCUT2D eigenvalue weighted by molar-refractivity contribution is 0.341. The van der Waals surface area contributed by atoms with Crippen LogP contribution in [0.15, 0.2) is 36.4 Å². The fourth-order valence-corrected chi connectivity index (χ4v) is 2.49. The van der Waals surface area contributed by atoms with Crippen molar-refractivity contribution in [2.24, 2.45) is 0 Å². The molecule has 2 rings (SSSR count). The number of ether oxygens (including phenoxy) is 1. The van der Waals surface area contributed by atoms with E-state index in [1.165, 1.54) is 0 Å². The van der Waals surface area contributed by atoms with Gasteiger partial charge >= 0.3 is 0 Å². The Morgan fingerprint density at radius 3 is 2.45 bits per heavy atom. The van der Waals surface area contributed by atoms with Gasteiger partial charge in [0.1, 0.15) is 5.75 Å². The van der Waals surface area contributed by atoms with E-state index in [0.29, 0.717) is 28.2 Å². The predicted octanol–water partition coefficient (Wildman–Crippen LogP) is 5.66. The summed E-state index contributed by atoms with van der Waals surface area (Å²) in [6.45, 7) is 3.03. The summed E-state index contributed by atoms with van der Waals surface area (Å²) < 4.78 is 5.56. The molecule has 1 N–H and O–H groups in total. The summed E-state index contributed by atoms with van der Waals surface area (Å²) >= 11 is 18.3. The number of para-hydroxylation sites is 2. The zero-order chi connectivity index (χ0) is 14.5. The van der Waals surface area contributed by atoms with Crippen LogP contribution in [0.1, 0.15) is 12.5 Å². The topological polar surface area (TPSA) is 21.3 Å². The Hall–Kier alpha value is -1.09. The second kappa shape index (κ2) is 7.07. The van der Waals surface area contributed by atoms with Gasteiger partial charge in [-0.1, -0.05) is 46.9 Å². The monoisotopic (exact) mass is 329 g/mol. The first-order chi connectivity index (χ1) is 9.63. The molecule has 0 fully saturated rings. The molecule has 0 aliphatic rings. The molecule has 0 saturated heterocycles. The van der Waals surface area contributed by atoms with E-state index in [4.69, 9.17) is 39.5 Å². The molecular formula is C15H14Cl3NO. The van der Waals surface area contributed by atoms with Crippen molar-refractivity contribution in [1.82, 2.24) is 0 Å². The van der Waals surface area contributed by atoms with E-state index in [-0.39, 0.29) is 0 Å². The normalized spacial score (nSPS) is 10.4. The van der Waals surface area contributed by atoms with Crippen molar-refractivity contribution in [3.8, 4) is 5.75 Å². The van der Waals surface area contributed by atoms with E-state index < -0.39 is 0 Å². The van der Waals surface area contributed by atoms with Crippen LogP contribution in [0.25, 0.3) is 0 Å². The van der Waals surface area contributed by atoms with Crippen LogP contribution in [0.3, 0.4) is 0 Å². The summed E-state index contributed by atoms with van der Waals surface area (Å²) in [4.78, 5) is 0. The maximum atomic E-state index is 6.18. The molecular weight excluding hydrogens is 317 g/mol. The quantitative estimate of drug-likeness (QED) is 0.714. The predicted molar refractivity (Wildman–Crippen MR) is 86.4 cm³/mol. The summed E-state index contributed by atoms with van der Waals surface area (Å²) in [6, 6.07) is 11.1. The van der Waals surface area contributed by atoms with Gasteiger partial charge in [0.15, 0.2) is 0 Å². The molecule has 0 heterocycles. The SMILES string of the molecule is CCOc1ccccc1NCc1c(Cl)ccc(Cl)c1Cl. The van der Waals surface area contributed by atoms with Crippen molar-refractivity contribution in [2.45, 2.75) is 13.5 Å². The molecule has 0 amide bonds. The largest absolute Gasteiger partial charge is 0.492 e. The summed E-state index contributed by atoms with van der Waals surface area (Å²) in [5.74, 6) is 0.796. The van der Waals surface area contributed by atoms with E-state index in [1.807, 2.05) is 31.2 Å². The fourth-order valence-electron chi connectivity index (χ4n) is 1.81. The van der Waals surface area contributed by atoms with Crippen molar-refractivity contribution in [2.75, 3.05) is 11.9 Å². The molecule has 20 heavy (non-hydrogen) atoms. The Bertz CT molecular complexity index is 602. The van der Waals surface area contributed by atoms with E-state index in [1.54, 1.807) is 12.1 Å². The number of benzene rings is 2. The highest BCUT2D eigenvalue weighted by Crippen LogP contribution is 2.33. The molecule has 0 spiro atoms. The second-order valence-electron chi connectivity index (χ2n) is 4.10. The zero-order valence-corrected chi connectivity index (χ0v) is 13.2. The summed E-state index contributed by atoms with van der Waals surface area (Å²) in [6.07, 6.45) is 0. The maximum Gasteiger partial charge on any atom is 0.142 e. The highest BCUT2D eigenvalue weighted by Gasteiger charge is 2.10. The molecule has 0 aromatic heterocycles. The van der Waals surface area contributed by atoms with Crippen molar-refractivity contribution in [3.63, 3.8) is 0 Å². The van der Waals surface area contributed by atoms with Gasteiger partial charge in [-0.25, -0.2) is 0 Å². The Morgan fingerprint density at radius 1 is 1.00 bits per heavy atom. The van der Waals surface area contributed by atoms with Gasteiger partial charge in [-0.2, -0.15) is 0 Å². The summed E-state index contributed by atoms with van der Waals surface area (Å²) in [5, 5.41) is 4.82. The molecule has 5 heteroatoms. The van der Waals surface area contributed by atoms with Crippen LogP contribution in [-0.2, 0) is 6.54 Å². The van der Waals surface area contributed by atoms with Gasteiger partial charge in [-0.05, 0) is 31.2 Å². The average molecular weight is 331 g/mol. The first-order valence-corrected chi connectivity index (χ1v) is 7.35. The van der Waals surface area contributed by atoms with Crippen LogP contribution in [0.2, 0.25) is 15.1 Å². The highest BCUT2D eigenvalue weighted by atomic mass is 35.5. The average Bonchev–Trinajstić information content (AvgIpc) is 2.45. The van der Waals surface area contributed by atoms with E-state index in [0.717, 1.165) is 17.0 Å². The van der Waals surface area contributed by atoms with Gasteiger partial charge in [-0.15, -0.1) is 0 Å². The van der Waals surface area contributed by atoms with Crippen molar-refractivity contribution in [1.29, 1.82) is 0 Å². The van der Waals surface area contributed by atoms with Crippen molar-refractivity contribution in [3.05, 3.63) is 57.0 Å². The van der Waals surface area contributed by atoms with Crippen LogP contribution in [0, 0.1) is 0 Å². The number of halogens is 3. The van der Waals surface area contributed by atoms with E-state index in [9.17, 15) is 0 Å². The smallest absolute Gasteiger partial charge is 0.142 e. The minimum absolute atomic E-state index is 0.473. The van der Waals surface area contributed by atoms with Gasteiger partial charge in [0.25, 0.3) is 0 Å². The third kappa shape index (κ3) is 3.51. The molecule has 0 atom stereocenters. The number of nitrogens with one attached hydrogen (secondary N) is 1. The molecule has 2 aromatic carbocycles. The first-order valence-electron chi connectivity index (χ1n) is 6.21. The zero-order valence-electron chi connectivity index (χ0n) is 10.9. The Balaban J connectivity index is 2.19. The van der Waals surface area contributed by atoms with E-state index >= 15 is 0 Å². The molecule has 0 saturated carbocycles. The lowest BCUT2D eigenvalue weighted by Gasteiger charge is -2.14. The van der Waals surface area contributed by atoms with Gasteiger partial charge in [0.2, 0.25) is 0 Å². The summed E-state index contributed by atoms with van der Waals surface area (Å²) in [5.41, 5.74) is 1.66. The molecule has 0 bridgehead atoms. The maximum absolute atomic E-state index is 6.18. The molecule has 0 unspecified atom stereocenters. The lowest BCUT2D eigenvalue weighted by Crippen LogP contribution is -2.03. The van der Waals surface area contributed by atoms with Crippen LogP contribution < -0.4 is 10.1 Å². The fraction of sp³-hybridized carbons (Fsp3) is 0.200. The van der Waals surface area contributed by atoms with Crippen LogP contribution in [-0.4, -0.2) is 6.61 Å². The van der Waals surface area contributed by atoms with Gasteiger partial charge in [-0.3, -0.25) is 0 Å². The van der Waals surface area contributed by atoms with Gasteiger partial charge < -0.3 is 10.1 Å². The molecule has 0 radical (unpaired) electrons. The molecule has 2 aromatic rings. The van der Waals surface area contributed by atoms with Crippen LogP contribution in [0.4, 0.5) is 5.69 Å².